The van der Waals surface area contributed by atoms with Crippen LogP contribution in [0.15, 0.2) is 24.3 Å². The Labute approximate surface area is 113 Å². The number of hydrogen-bond donors (Lipinski definition) is 1. The molecule has 1 aromatic carbocycles. The van der Waals surface area contributed by atoms with Crippen LogP contribution in [0.5, 0.6) is 5.75 Å². The molecule has 1 radical (unpaired) electrons. The molecule has 12 heavy (non-hydrogen) atoms. The number of aromatic carboxylic acids is 1. The molecule has 0 aliphatic carbocycles. The van der Waals surface area contributed by atoms with Crippen LogP contribution in [0.4, 0.5) is 0 Å². The predicted molar refractivity (Wildman–Crippen MR) is 45.7 cm³/mol. The van der Waals surface area contributed by atoms with Crippen LogP contribution in [-0.4, -0.2) is 69.6 Å². The van der Waals surface area contributed by atoms with Gasteiger partial charge in [0.1, 0.15) is 5.75 Å². The van der Waals surface area contributed by atoms with Gasteiger partial charge in [-0.3, -0.25) is 0 Å². The van der Waals surface area contributed by atoms with Gasteiger partial charge in [0, 0.05) is 51.4 Å². The average Bonchev–Trinajstić information content (AvgIpc) is 2.05. The molecule has 0 atom stereocenters. The molecule has 0 bridgehead atoms. The van der Waals surface area contributed by atoms with E-state index in [4.69, 9.17) is 9.84 Å². The van der Waals surface area contributed by atoms with E-state index in [1.807, 2.05) is 0 Å². The van der Waals surface area contributed by atoms with Gasteiger partial charge < -0.3 is 9.84 Å². The summed E-state index contributed by atoms with van der Waals surface area (Å²) < 4.78 is 4.86. The number of carbonyl (C=O) groups is 1. The van der Waals surface area contributed by atoms with Crippen LogP contribution in [0.2, 0.25) is 0 Å². The number of carboxylic acids is 1. The molecule has 0 saturated carbocycles. The van der Waals surface area contributed by atoms with E-state index >= 15 is 0 Å². The maximum Gasteiger partial charge on any atom is 0.335 e. The Balaban J connectivity index is 0.00000121. The Bertz CT molecular complexity index is 256. The van der Waals surface area contributed by atoms with E-state index in [2.05, 4.69) is 0 Å². The number of hydrogen-bond acceptors (Lipinski definition) is 2. The van der Waals surface area contributed by atoms with Gasteiger partial charge in [-0.05, 0) is 24.3 Å². The third-order valence-electron chi connectivity index (χ3n) is 1.34. The molecule has 0 saturated heterocycles. The predicted octanol–water partition coefficient (Wildman–Crippen LogP) is 1.01. The fourth-order valence-corrected chi connectivity index (χ4v) is 0.734. The molecule has 3 nitrogen and oxygen atoms in total. The average molecular weight is 191 g/mol. The molecule has 0 aliphatic heterocycles. The topological polar surface area (TPSA) is 46.5 Å². The number of ether oxygens (including phenoxy) is 1. The van der Waals surface area contributed by atoms with Gasteiger partial charge in [0.15, 0.2) is 0 Å². The monoisotopic (exact) mass is 191 g/mol. The van der Waals surface area contributed by atoms with Crippen LogP contribution in [0, 0.1) is 0 Å². The molecule has 4 heteroatoms. The zero-order chi connectivity index (χ0) is 8.27. The maximum atomic E-state index is 10.4. The van der Waals surface area contributed by atoms with Crippen molar-refractivity contribution in [2.24, 2.45) is 0 Å². The Morgan fingerprint density at radius 3 is 2.17 bits per heavy atom. The van der Waals surface area contributed by atoms with Crippen LogP contribution < -0.4 is 4.74 Å². The van der Waals surface area contributed by atoms with Gasteiger partial charge in [-0.1, -0.05) is 0 Å². The zero-order valence-corrected chi connectivity index (χ0v) is 10.2. The minimum absolute atomic E-state index is 0. The van der Waals surface area contributed by atoms with E-state index < -0.39 is 5.97 Å². The summed E-state index contributed by atoms with van der Waals surface area (Å²) in [6.45, 7) is 0. The van der Waals surface area contributed by atoms with Crippen LogP contribution in [-0.2, 0) is 0 Å². The van der Waals surface area contributed by atoms with Crippen molar-refractivity contribution in [3.05, 3.63) is 29.8 Å². The van der Waals surface area contributed by atoms with Crippen LogP contribution >= 0.6 is 0 Å². The standard InChI is InChI=1S/C8H8O3.K/c1-11-7-4-2-6(3-5-7)8(9)10;/h2-5H,1H3,(H,9,10);. The van der Waals surface area contributed by atoms with E-state index in [1.54, 1.807) is 12.1 Å². The summed E-state index contributed by atoms with van der Waals surface area (Å²) in [6, 6.07) is 6.23. The number of rotatable bonds is 2. The normalized spacial score (nSPS) is 8.42. The van der Waals surface area contributed by atoms with Crippen molar-refractivity contribution in [3.63, 3.8) is 0 Å². The minimum Gasteiger partial charge on any atom is -0.497 e. The van der Waals surface area contributed by atoms with E-state index in [9.17, 15) is 4.79 Å². The Hall–Kier alpha value is 0.126. The summed E-state index contributed by atoms with van der Waals surface area (Å²) in [6.07, 6.45) is 0. The Morgan fingerprint density at radius 2 is 1.83 bits per heavy atom. The van der Waals surface area contributed by atoms with Gasteiger partial charge in [0.25, 0.3) is 0 Å². The number of carboxylic acid groups (broad SMARTS) is 1. The Kier molecular flexibility index (Phi) is 5.78. The fourth-order valence-electron chi connectivity index (χ4n) is 0.734. The maximum absolute atomic E-state index is 10.4. The van der Waals surface area contributed by atoms with E-state index in [0.29, 0.717) is 5.75 Å². The molecule has 1 N–H and O–H groups in total. The molecule has 1 rings (SSSR count). The third kappa shape index (κ3) is 3.24. The third-order valence-corrected chi connectivity index (χ3v) is 1.34. The first-order valence-electron chi connectivity index (χ1n) is 3.11. The van der Waals surface area contributed by atoms with Crippen molar-refractivity contribution in [1.29, 1.82) is 0 Å². The smallest absolute Gasteiger partial charge is 0.335 e. The molecule has 0 heterocycles. The number of benzene rings is 1. The van der Waals surface area contributed by atoms with Crippen molar-refractivity contribution in [2.45, 2.75) is 0 Å². The quantitative estimate of drug-likeness (QED) is 0.710. The largest absolute Gasteiger partial charge is 0.497 e. The number of methoxy groups -OCH3 is 1. The summed E-state index contributed by atoms with van der Waals surface area (Å²) >= 11 is 0. The van der Waals surface area contributed by atoms with Gasteiger partial charge in [-0.15, -0.1) is 0 Å². The van der Waals surface area contributed by atoms with Gasteiger partial charge in [0.2, 0.25) is 0 Å². The molecule has 0 amide bonds. The van der Waals surface area contributed by atoms with Crippen molar-refractivity contribution in [3.8, 4) is 5.75 Å². The van der Waals surface area contributed by atoms with Crippen molar-refractivity contribution >= 4 is 57.4 Å². The molecule has 0 spiro atoms. The second-order valence-corrected chi connectivity index (χ2v) is 2.03. The summed E-state index contributed by atoms with van der Waals surface area (Å²) in [5.74, 6) is -0.261. The van der Waals surface area contributed by atoms with Crippen molar-refractivity contribution in [2.75, 3.05) is 7.11 Å². The minimum atomic E-state index is -0.923. The first-order chi connectivity index (χ1) is 5.24. The van der Waals surface area contributed by atoms with Crippen LogP contribution in [0.25, 0.3) is 0 Å². The van der Waals surface area contributed by atoms with Crippen molar-refractivity contribution < 1.29 is 14.6 Å². The SMILES string of the molecule is COc1ccc(C(=O)O)cc1.[K]. The van der Waals surface area contributed by atoms with Gasteiger partial charge in [-0.2, -0.15) is 0 Å². The first kappa shape index (κ1) is 12.1. The molecule has 0 fully saturated rings. The molecule has 1 aromatic rings. The van der Waals surface area contributed by atoms with E-state index in [-0.39, 0.29) is 56.9 Å². The van der Waals surface area contributed by atoms with E-state index in [0.717, 1.165) is 0 Å². The Morgan fingerprint density at radius 1 is 1.33 bits per heavy atom. The second-order valence-electron chi connectivity index (χ2n) is 2.03. The van der Waals surface area contributed by atoms with E-state index in [1.165, 1.54) is 19.2 Å². The second kappa shape index (κ2) is 5.72. The summed E-state index contributed by atoms with van der Waals surface area (Å²) in [7, 11) is 1.54. The molecular weight excluding hydrogens is 183 g/mol. The fraction of sp³-hybridized carbons (Fsp3) is 0.125. The summed E-state index contributed by atoms with van der Waals surface area (Å²) in [5.41, 5.74) is 0.269. The van der Waals surface area contributed by atoms with Crippen LogP contribution in [0.1, 0.15) is 10.4 Å². The molecule has 59 valence electrons. The summed E-state index contributed by atoms with van der Waals surface area (Å²) in [4.78, 5) is 10.4. The van der Waals surface area contributed by atoms with Gasteiger partial charge >= 0.3 is 5.97 Å². The zero-order valence-electron chi connectivity index (χ0n) is 7.07. The van der Waals surface area contributed by atoms with Gasteiger partial charge in [0.05, 0.1) is 12.7 Å². The molecular formula is C8H8KO3. The molecule has 0 aliphatic rings. The first-order valence-corrected chi connectivity index (χ1v) is 3.11. The van der Waals surface area contributed by atoms with Crippen molar-refractivity contribution in [1.82, 2.24) is 0 Å². The molecule has 0 unspecified atom stereocenters. The molecule has 0 aromatic heterocycles. The summed E-state index contributed by atoms with van der Waals surface area (Å²) in [5, 5.41) is 8.51. The van der Waals surface area contributed by atoms with Crippen LogP contribution in [0.3, 0.4) is 0 Å². The van der Waals surface area contributed by atoms with Gasteiger partial charge in [-0.25, -0.2) is 4.79 Å².